The second kappa shape index (κ2) is 5.61. The second-order valence-corrected chi connectivity index (χ2v) is 3.27. The Morgan fingerprint density at radius 3 is 2.53 bits per heavy atom. The predicted octanol–water partition coefficient (Wildman–Crippen LogP) is 3.51. The summed E-state index contributed by atoms with van der Waals surface area (Å²) in [7, 11) is 1.77. The Morgan fingerprint density at radius 2 is 1.94 bits per heavy atom. The molecule has 0 atom stereocenters. The molecule has 0 amide bonds. The molecule has 0 radical (unpaired) electrons. The van der Waals surface area contributed by atoms with E-state index >= 15 is 0 Å². The minimum absolute atomic E-state index is 0.153. The van der Waals surface area contributed by atoms with Gasteiger partial charge >= 0.3 is 6.61 Å². The number of ether oxygens (including phenoxy) is 1. The van der Waals surface area contributed by atoms with E-state index in [0.717, 1.165) is 16.6 Å². The quantitative estimate of drug-likeness (QED) is 0.805. The fraction of sp³-hybridized carbons (Fsp3) is 0.417. The molecule has 0 saturated heterocycles. The molecule has 0 bridgehead atoms. The number of hydrogen-bond acceptors (Lipinski definition) is 2. The minimum Gasteiger partial charge on any atom is -0.435 e. The zero-order valence-corrected chi connectivity index (χ0v) is 10.4. The summed E-state index contributed by atoms with van der Waals surface area (Å²) in [5.41, 5.74) is 1.65. The third-order valence-corrected chi connectivity index (χ3v) is 2.23. The molecule has 0 spiro atoms. The van der Waals surface area contributed by atoms with Crippen LogP contribution in [0.2, 0.25) is 0 Å². The molecule has 3 nitrogen and oxygen atoms in total. The predicted molar refractivity (Wildman–Crippen MR) is 63.4 cm³/mol. The van der Waals surface area contributed by atoms with Gasteiger partial charge in [0.2, 0.25) is 0 Å². The van der Waals surface area contributed by atoms with Gasteiger partial charge in [-0.1, -0.05) is 13.8 Å². The van der Waals surface area contributed by atoms with Crippen LogP contribution in [0.1, 0.15) is 19.5 Å². The molecule has 1 heterocycles. The van der Waals surface area contributed by atoms with Gasteiger partial charge in [-0.2, -0.15) is 13.9 Å². The van der Waals surface area contributed by atoms with E-state index in [-0.39, 0.29) is 5.75 Å². The summed E-state index contributed by atoms with van der Waals surface area (Å²) >= 11 is 0. The van der Waals surface area contributed by atoms with Crippen LogP contribution in [0.25, 0.3) is 10.9 Å². The SMILES string of the molecule is CC.Cc1nn(C)c2cc(OC(F)F)ccc12. The zero-order valence-electron chi connectivity index (χ0n) is 10.4. The number of aromatic nitrogens is 2. The topological polar surface area (TPSA) is 27.1 Å². The maximum atomic E-state index is 12.0. The summed E-state index contributed by atoms with van der Waals surface area (Å²) in [5.74, 6) is 0.153. The van der Waals surface area contributed by atoms with Crippen LogP contribution >= 0.6 is 0 Å². The average molecular weight is 242 g/mol. The summed E-state index contributed by atoms with van der Waals surface area (Å²) in [6.45, 7) is 3.08. The number of rotatable bonds is 2. The highest BCUT2D eigenvalue weighted by molar-refractivity contribution is 5.83. The summed E-state index contributed by atoms with van der Waals surface area (Å²) in [6.07, 6.45) is 0. The lowest BCUT2D eigenvalue weighted by Gasteiger charge is -2.04. The van der Waals surface area contributed by atoms with Crippen LogP contribution in [0.4, 0.5) is 8.78 Å². The van der Waals surface area contributed by atoms with Crippen molar-refractivity contribution in [2.75, 3.05) is 0 Å². The normalized spacial score (nSPS) is 10.3. The number of benzene rings is 1. The molecule has 0 saturated carbocycles. The minimum atomic E-state index is -2.79. The van der Waals surface area contributed by atoms with Crippen molar-refractivity contribution < 1.29 is 13.5 Å². The van der Waals surface area contributed by atoms with E-state index in [9.17, 15) is 8.78 Å². The number of alkyl halides is 2. The van der Waals surface area contributed by atoms with Crippen LogP contribution in [-0.2, 0) is 7.05 Å². The van der Waals surface area contributed by atoms with Crippen molar-refractivity contribution >= 4 is 10.9 Å². The van der Waals surface area contributed by atoms with Gasteiger partial charge in [-0.3, -0.25) is 4.68 Å². The monoisotopic (exact) mass is 242 g/mol. The molecule has 2 rings (SSSR count). The van der Waals surface area contributed by atoms with Crippen LogP contribution in [0.5, 0.6) is 5.75 Å². The molecule has 0 aliphatic carbocycles. The largest absolute Gasteiger partial charge is 0.435 e. The van der Waals surface area contributed by atoms with E-state index in [0.29, 0.717) is 0 Å². The third-order valence-electron chi connectivity index (χ3n) is 2.23. The van der Waals surface area contributed by atoms with Crippen molar-refractivity contribution in [2.24, 2.45) is 7.05 Å². The first-order valence-electron chi connectivity index (χ1n) is 5.46. The third kappa shape index (κ3) is 2.93. The number of halogens is 2. The van der Waals surface area contributed by atoms with Crippen LogP contribution in [0.15, 0.2) is 18.2 Å². The van der Waals surface area contributed by atoms with E-state index in [4.69, 9.17) is 0 Å². The van der Waals surface area contributed by atoms with Crippen LogP contribution in [0, 0.1) is 6.92 Å². The van der Waals surface area contributed by atoms with E-state index in [1.807, 2.05) is 20.8 Å². The van der Waals surface area contributed by atoms with Gasteiger partial charge in [-0.25, -0.2) is 0 Å². The van der Waals surface area contributed by atoms with Gasteiger partial charge in [0.1, 0.15) is 5.75 Å². The van der Waals surface area contributed by atoms with Crippen molar-refractivity contribution in [3.05, 3.63) is 23.9 Å². The highest BCUT2D eigenvalue weighted by atomic mass is 19.3. The Morgan fingerprint density at radius 1 is 1.29 bits per heavy atom. The number of hydrogen-bond donors (Lipinski definition) is 0. The molecule has 5 heteroatoms. The molecule has 0 aliphatic rings. The molecule has 1 aromatic heterocycles. The van der Waals surface area contributed by atoms with Crippen LogP contribution in [-0.4, -0.2) is 16.4 Å². The first kappa shape index (κ1) is 13.4. The summed E-state index contributed by atoms with van der Waals surface area (Å²) < 4.78 is 29.9. The second-order valence-electron chi connectivity index (χ2n) is 3.27. The number of fused-ring (bicyclic) bond motifs is 1. The standard InChI is InChI=1S/C10H10F2N2O.C2H6/c1-6-8-4-3-7(15-10(11)12)5-9(8)14(2)13-6;1-2/h3-5,10H,1-2H3;1-2H3. The van der Waals surface area contributed by atoms with Gasteiger partial charge in [-0.05, 0) is 19.1 Å². The Hall–Kier alpha value is -1.65. The Bertz CT molecular complexity index is 494. The lowest BCUT2D eigenvalue weighted by molar-refractivity contribution is -0.0497. The zero-order chi connectivity index (χ0) is 13.0. The Kier molecular flexibility index (Phi) is 4.43. The van der Waals surface area contributed by atoms with E-state index in [1.165, 1.54) is 6.07 Å². The van der Waals surface area contributed by atoms with Gasteiger partial charge in [0, 0.05) is 18.5 Å². The molecule has 17 heavy (non-hydrogen) atoms. The highest BCUT2D eigenvalue weighted by Gasteiger charge is 2.08. The molecule has 0 aliphatic heterocycles. The van der Waals surface area contributed by atoms with E-state index < -0.39 is 6.61 Å². The smallest absolute Gasteiger partial charge is 0.387 e. The Labute approximate surface area is 99.0 Å². The highest BCUT2D eigenvalue weighted by Crippen LogP contribution is 2.23. The molecule has 0 unspecified atom stereocenters. The van der Waals surface area contributed by atoms with Crippen molar-refractivity contribution in [1.82, 2.24) is 9.78 Å². The molecule has 2 aromatic rings. The van der Waals surface area contributed by atoms with Crippen molar-refractivity contribution in [1.29, 1.82) is 0 Å². The fourth-order valence-electron chi connectivity index (χ4n) is 1.59. The van der Waals surface area contributed by atoms with Gasteiger partial charge in [0.05, 0.1) is 11.2 Å². The van der Waals surface area contributed by atoms with Gasteiger partial charge in [-0.15, -0.1) is 0 Å². The Balaban J connectivity index is 0.000000686. The van der Waals surface area contributed by atoms with Crippen molar-refractivity contribution in [2.45, 2.75) is 27.4 Å². The lowest BCUT2D eigenvalue weighted by Crippen LogP contribution is -2.01. The van der Waals surface area contributed by atoms with Crippen molar-refractivity contribution in [3.63, 3.8) is 0 Å². The fourth-order valence-corrected chi connectivity index (χ4v) is 1.59. The summed E-state index contributed by atoms with van der Waals surface area (Å²) in [6, 6.07) is 4.81. The maximum absolute atomic E-state index is 12.0. The summed E-state index contributed by atoms with van der Waals surface area (Å²) in [4.78, 5) is 0. The van der Waals surface area contributed by atoms with Crippen LogP contribution < -0.4 is 4.74 Å². The van der Waals surface area contributed by atoms with Gasteiger partial charge in [0.25, 0.3) is 0 Å². The molecule has 94 valence electrons. The molecular weight excluding hydrogens is 226 g/mol. The molecule has 0 fully saturated rings. The molecular formula is C12H16F2N2O. The lowest BCUT2D eigenvalue weighted by atomic mass is 10.2. The van der Waals surface area contributed by atoms with Gasteiger partial charge < -0.3 is 4.74 Å². The first-order chi connectivity index (χ1) is 8.08. The van der Waals surface area contributed by atoms with Gasteiger partial charge in [0.15, 0.2) is 0 Å². The average Bonchev–Trinajstić information content (AvgIpc) is 2.56. The number of nitrogens with zero attached hydrogens (tertiary/aromatic N) is 2. The van der Waals surface area contributed by atoms with E-state index in [2.05, 4.69) is 9.84 Å². The number of aryl methyl sites for hydroxylation is 2. The summed E-state index contributed by atoms with van der Waals surface area (Å²) in [5, 5.41) is 5.13. The van der Waals surface area contributed by atoms with Crippen molar-refractivity contribution in [3.8, 4) is 5.75 Å². The molecule has 1 aromatic carbocycles. The first-order valence-corrected chi connectivity index (χ1v) is 5.46. The van der Waals surface area contributed by atoms with Crippen LogP contribution in [0.3, 0.4) is 0 Å². The van der Waals surface area contributed by atoms with E-state index in [1.54, 1.807) is 23.9 Å². The maximum Gasteiger partial charge on any atom is 0.387 e. The molecule has 0 N–H and O–H groups in total.